The van der Waals surface area contributed by atoms with E-state index in [2.05, 4.69) is 4.98 Å². The number of nitrogens with zero attached hydrogens (tertiary/aromatic N) is 3. The minimum atomic E-state index is -3.57. The second kappa shape index (κ2) is 8.35. The fourth-order valence-electron chi connectivity index (χ4n) is 3.60. The van der Waals surface area contributed by atoms with Crippen LogP contribution < -0.4 is 4.74 Å². The van der Waals surface area contributed by atoms with E-state index in [-0.39, 0.29) is 25.1 Å². The highest BCUT2D eigenvalue weighted by atomic mass is 32.2. The molecule has 0 bridgehead atoms. The van der Waals surface area contributed by atoms with E-state index >= 15 is 0 Å². The van der Waals surface area contributed by atoms with E-state index in [4.69, 9.17) is 4.74 Å². The number of piperazine rings is 1. The summed E-state index contributed by atoms with van der Waals surface area (Å²) in [5.74, 6) is 0.348. The first kappa shape index (κ1) is 20.8. The third-order valence-electron chi connectivity index (χ3n) is 5.96. The number of pyridine rings is 1. The molecule has 1 saturated carbocycles. The number of hydrogen-bond donors (Lipinski definition) is 0. The highest BCUT2D eigenvalue weighted by Crippen LogP contribution is 2.25. The molecule has 8 heteroatoms. The van der Waals surface area contributed by atoms with Gasteiger partial charge in [-0.1, -0.05) is 6.07 Å². The normalized spacial score (nSPS) is 18.1. The van der Waals surface area contributed by atoms with Crippen molar-refractivity contribution >= 4 is 15.9 Å². The number of sulfonamides is 1. The quantitative estimate of drug-likeness (QED) is 0.730. The molecule has 0 atom stereocenters. The molecule has 2 aliphatic rings. The first-order chi connectivity index (χ1) is 14.3. The summed E-state index contributed by atoms with van der Waals surface area (Å²) in [5.41, 5.74) is 2.52. The first-order valence-corrected chi connectivity index (χ1v) is 11.8. The number of amides is 1. The maximum atomic E-state index is 13.0. The fraction of sp³-hybridized carbons (Fsp3) is 0.455. The van der Waals surface area contributed by atoms with Crippen LogP contribution in [0.3, 0.4) is 0 Å². The summed E-state index contributed by atoms with van der Waals surface area (Å²) in [6.45, 7) is 5.11. The van der Waals surface area contributed by atoms with Gasteiger partial charge in [-0.05, 0) is 62.4 Å². The van der Waals surface area contributed by atoms with E-state index in [9.17, 15) is 13.2 Å². The van der Waals surface area contributed by atoms with Crippen LogP contribution in [0.4, 0.5) is 0 Å². The Kier molecular flexibility index (Phi) is 5.79. The molecule has 0 spiro atoms. The van der Waals surface area contributed by atoms with Gasteiger partial charge in [0.1, 0.15) is 6.10 Å². The third kappa shape index (κ3) is 4.20. The van der Waals surface area contributed by atoms with E-state index < -0.39 is 10.0 Å². The highest BCUT2D eigenvalue weighted by molar-refractivity contribution is 7.89. The van der Waals surface area contributed by atoms with Crippen LogP contribution in [0, 0.1) is 13.8 Å². The lowest BCUT2D eigenvalue weighted by molar-refractivity contribution is 0.0695. The van der Waals surface area contributed by atoms with E-state index in [0.717, 1.165) is 24.0 Å². The lowest BCUT2D eigenvalue weighted by Gasteiger charge is -2.34. The second-order valence-electron chi connectivity index (χ2n) is 8.00. The molecule has 1 aliphatic heterocycles. The van der Waals surface area contributed by atoms with Gasteiger partial charge in [-0.2, -0.15) is 4.31 Å². The minimum absolute atomic E-state index is 0.126. The van der Waals surface area contributed by atoms with Crippen LogP contribution >= 0.6 is 0 Å². The predicted octanol–water partition coefficient (Wildman–Crippen LogP) is 2.78. The summed E-state index contributed by atoms with van der Waals surface area (Å²) in [6, 6.07) is 8.54. The maximum Gasteiger partial charge on any atom is 0.254 e. The first-order valence-electron chi connectivity index (χ1n) is 10.3. The van der Waals surface area contributed by atoms with Crippen molar-refractivity contribution in [3.05, 3.63) is 53.2 Å². The fourth-order valence-corrected chi connectivity index (χ4v) is 5.11. The van der Waals surface area contributed by atoms with Crippen molar-refractivity contribution in [3.8, 4) is 5.88 Å². The molecule has 2 aromatic rings. The Bertz CT molecular complexity index is 1040. The van der Waals surface area contributed by atoms with Crippen molar-refractivity contribution in [2.45, 2.75) is 44.1 Å². The van der Waals surface area contributed by atoms with Crippen LogP contribution in [0.25, 0.3) is 0 Å². The van der Waals surface area contributed by atoms with Crippen molar-refractivity contribution in [3.63, 3.8) is 0 Å². The van der Waals surface area contributed by atoms with Gasteiger partial charge in [0.25, 0.3) is 5.91 Å². The van der Waals surface area contributed by atoms with Gasteiger partial charge in [-0.3, -0.25) is 4.79 Å². The number of rotatable bonds is 5. The molecule has 0 unspecified atom stereocenters. The standard InChI is InChI=1S/C22H27N3O4S/c1-16-6-7-20(14-17(16)2)30(27,28)25-12-10-24(11-13-25)22(26)18-8-9-23-21(15-18)29-19-4-3-5-19/h6-9,14-15,19H,3-5,10-13H2,1-2H3. The number of aromatic nitrogens is 1. The highest BCUT2D eigenvalue weighted by Gasteiger charge is 2.31. The molecular formula is C22H27N3O4S. The van der Waals surface area contributed by atoms with Crippen LogP contribution in [0.15, 0.2) is 41.4 Å². The zero-order chi connectivity index (χ0) is 21.3. The average molecular weight is 430 g/mol. The van der Waals surface area contributed by atoms with E-state index in [1.165, 1.54) is 10.7 Å². The number of carbonyl (C=O) groups excluding carboxylic acids is 1. The summed E-state index contributed by atoms with van der Waals surface area (Å²) >= 11 is 0. The Morgan fingerprint density at radius 3 is 2.40 bits per heavy atom. The lowest BCUT2D eigenvalue weighted by atomic mass is 9.96. The summed E-state index contributed by atoms with van der Waals surface area (Å²) in [7, 11) is -3.57. The van der Waals surface area contributed by atoms with E-state index in [1.807, 2.05) is 19.9 Å². The molecule has 1 saturated heterocycles. The SMILES string of the molecule is Cc1ccc(S(=O)(=O)N2CCN(C(=O)c3ccnc(OC4CCC4)c3)CC2)cc1C. The van der Waals surface area contributed by atoms with Gasteiger partial charge in [-0.25, -0.2) is 13.4 Å². The molecule has 4 rings (SSSR count). The molecule has 30 heavy (non-hydrogen) atoms. The molecule has 0 N–H and O–H groups in total. The third-order valence-corrected chi connectivity index (χ3v) is 7.86. The van der Waals surface area contributed by atoms with Crippen LogP contribution in [-0.4, -0.2) is 60.8 Å². The van der Waals surface area contributed by atoms with E-state index in [1.54, 1.807) is 35.4 Å². The van der Waals surface area contributed by atoms with Crippen LogP contribution in [-0.2, 0) is 10.0 Å². The monoisotopic (exact) mass is 429 g/mol. The van der Waals surface area contributed by atoms with Crippen molar-refractivity contribution < 1.29 is 17.9 Å². The topological polar surface area (TPSA) is 79.8 Å². The summed E-state index contributed by atoms with van der Waals surface area (Å²) in [4.78, 5) is 19.1. The summed E-state index contributed by atoms with van der Waals surface area (Å²) in [6.07, 6.45) is 5.00. The molecule has 1 aliphatic carbocycles. The van der Waals surface area contributed by atoms with Crippen molar-refractivity contribution in [2.75, 3.05) is 26.2 Å². The Hall–Kier alpha value is -2.45. The molecule has 0 radical (unpaired) electrons. The Balaban J connectivity index is 1.40. The number of ether oxygens (including phenoxy) is 1. The van der Waals surface area contributed by atoms with Crippen molar-refractivity contribution in [2.24, 2.45) is 0 Å². The maximum absolute atomic E-state index is 13.0. The van der Waals surface area contributed by atoms with Crippen molar-refractivity contribution in [1.29, 1.82) is 0 Å². The zero-order valence-corrected chi connectivity index (χ0v) is 18.2. The largest absolute Gasteiger partial charge is 0.474 e. The summed E-state index contributed by atoms with van der Waals surface area (Å²) in [5, 5.41) is 0. The predicted molar refractivity (Wildman–Crippen MR) is 113 cm³/mol. The molecule has 1 aromatic carbocycles. The lowest BCUT2D eigenvalue weighted by Crippen LogP contribution is -2.50. The van der Waals surface area contributed by atoms with Crippen LogP contribution in [0.5, 0.6) is 5.88 Å². The van der Waals surface area contributed by atoms with Gasteiger partial charge in [-0.15, -0.1) is 0 Å². The average Bonchev–Trinajstić information content (AvgIpc) is 2.72. The van der Waals surface area contributed by atoms with Crippen LogP contribution in [0.1, 0.15) is 40.7 Å². The van der Waals surface area contributed by atoms with Gasteiger partial charge < -0.3 is 9.64 Å². The number of carbonyl (C=O) groups is 1. The Morgan fingerprint density at radius 2 is 1.77 bits per heavy atom. The molecule has 160 valence electrons. The van der Waals surface area contributed by atoms with Gasteiger partial charge in [0.2, 0.25) is 15.9 Å². The van der Waals surface area contributed by atoms with Gasteiger partial charge in [0, 0.05) is 44.0 Å². The number of benzene rings is 1. The molecular weight excluding hydrogens is 402 g/mol. The van der Waals surface area contributed by atoms with Crippen LogP contribution in [0.2, 0.25) is 0 Å². The second-order valence-corrected chi connectivity index (χ2v) is 9.93. The smallest absolute Gasteiger partial charge is 0.254 e. The molecule has 1 amide bonds. The van der Waals surface area contributed by atoms with Gasteiger partial charge in [0.15, 0.2) is 0 Å². The van der Waals surface area contributed by atoms with Gasteiger partial charge >= 0.3 is 0 Å². The number of hydrogen-bond acceptors (Lipinski definition) is 5. The Labute approximate surface area is 177 Å². The Morgan fingerprint density at radius 1 is 1.03 bits per heavy atom. The zero-order valence-electron chi connectivity index (χ0n) is 17.4. The molecule has 2 fully saturated rings. The molecule has 1 aromatic heterocycles. The molecule has 2 heterocycles. The summed E-state index contributed by atoms with van der Waals surface area (Å²) < 4.78 is 33.2. The molecule has 7 nitrogen and oxygen atoms in total. The minimum Gasteiger partial charge on any atom is -0.474 e. The van der Waals surface area contributed by atoms with Crippen molar-refractivity contribution in [1.82, 2.24) is 14.2 Å². The van der Waals surface area contributed by atoms with Gasteiger partial charge in [0.05, 0.1) is 4.90 Å². The van der Waals surface area contributed by atoms with E-state index in [0.29, 0.717) is 29.4 Å². The number of aryl methyl sites for hydroxylation is 2.